The fraction of sp³-hybridized carbons (Fsp3) is 0.182. The van der Waals surface area contributed by atoms with Crippen LogP contribution >= 0.6 is 15.9 Å². The molecule has 3 nitrogen and oxygen atoms in total. The van der Waals surface area contributed by atoms with Gasteiger partial charge in [-0.05, 0) is 47.1 Å². The van der Waals surface area contributed by atoms with Gasteiger partial charge in [0.25, 0.3) is 0 Å². The molecule has 0 fully saturated rings. The quantitative estimate of drug-likeness (QED) is 0.866. The molecule has 2 rings (SSSR count). The molecule has 0 amide bonds. The second-order valence-electron chi connectivity index (χ2n) is 3.24. The number of rotatable bonds is 3. The maximum Gasteiger partial charge on any atom is 0.123 e. The van der Waals surface area contributed by atoms with Gasteiger partial charge in [0.2, 0.25) is 0 Å². The molecule has 0 spiro atoms. The highest BCUT2D eigenvalue weighted by Crippen LogP contribution is 2.12. The van der Waals surface area contributed by atoms with Crippen molar-refractivity contribution in [1.29, 1.82) is 0 Å². The average Bonchev–Trinajstić information content (AvgIpc) is 2.64. The molecule has 0 aliphatic rings. The molecular formula is C11H11BrN2O. The molecule has 0 unspecified atom stereocenters. The van der Waals surface area contributed by atoms with Crippen LogP contribution in [0.1, 0.15) is 11.5 Å². The van der Waals surface area contributed by atoms with Crippen molar-refractivity contribution >= 4 is 21.6 Å². The molecule has 0 aliphatic heterocycles. The third-order valence-electron chi connectivity index (χ3n) is 1.99. The fourth-order valence-electron chi connectivity index (χ4n) is 1.25. The summed E-state index contributed by atoms with van der Waals surface area (Å²) in [6.07, 6.45) is 1.78. The molecule has 0 saturated carbocycles. The summed E-state index contributed by atoms with van der Waals surface area (Å²) in [4.78, 5) is 4.12. The lowest BCUT2D eigenvalue weighted by molar-refractivity contribution is 0.490. The van der Waals surface area contributed by atoms with E-state index < -0.39 is 0 Å². The number of hydrogen-bond acceptors (Lipinski definition) is 3. The topological polar surface area (TPSA) is 38.1 Å². The smallest absolute Gasteiger partial charge is 0.123 e. The Labute approximate surface area is 96.6 Å². The van der Waals surface area contributed by atoms with Gasteiger partial charge < -0.3 is 9.73 Å². The lowest BCUT2D eigenvalue weighted by Gasteiger charge is -2.03. The van der Waals surface area contributed by atoms with Crippen LogP contribution in [-0.4, -0.2) is 4.98 Å². The number of halogens is 1. The molecule has 0 bridgehead atoms. The number of nitrogens with one attached hydrogen (secondary N) is 1. The fourth-order valence-corrected chi connectivity index (χ4v) is 1.48. The number of furan rings is 1. The number of aromatic nitrogens is 1. The van der Waals surface area contributed by atoms with Crippen molar-refractivity contribution in [3.05, 3.63) is 46.6 Å². The van der Waals surface area contributed by atoms with Crippen LogP contribution in [0.25, 0.3) is 0 Å². The van der Waals surface area contributed by atoms with Crippen LogP contribution in [0.15, 0.2) is 39.5 Å². The second kappa shape index (κ2) is 4.49. The van der Waals surface area contributed by atoms with Crippen molar-refractivity contribution in [2.24, 2.45) is 0 Å². The van der Waals surface area contributed by atoms with E-state index >= 15 is 0 Å². The zero-order valence-corrected chi connectivity index (χ0v) is 9.91. The Hall–Kier alpha value is -1.29. The summed E-state index contributed by atoms with van der Waals surface area (Å²) in [6, 6.07) is 7.79. The van der Waals surface area contributed by atoms with Gasteiger partial charge in [-0.3, -0.25) is 0 Å². The van der Waals surface area contributed by atoms with Crippen molar-refractivity contribution in [3.8, 4) is 0 Å². The number of nitrogens with zero attached hydrogens (tertiary/aromatic N) is 1. The van der Waals surface area contributed by atoms with Crippen molar-refractivity contribution in [1.82, 2.24) is 4.98 Å². The first-order chi connectivity index (χ1) is 7.24. The average molecular weight is 267 g/mol. The normalized spacial score (nSPS) is 10.3. The SMILES string of the molecule is Cc1ccc(CNc2ccc(Br)nc2)o1. The molecule has 1 N–H and O–H groups in total. The van der Waals surface area contributed by atoms with E-state index in [9.17, 15) is 0 Å². The minimum Gasteiger partial charge on any atom is -0.465 e. The Morgan fingerprint density at radius 2 is 2.20 bits per heavy atom. The predicted molar refractivity (Wildman–Crippen MR) is 62.7 cm³/mol. The lowest BCUT2D eigenvalue weighted by atomic mass is 10.4. The lowest BCUT2D eigenvalue weighted by Crippen LogP contribution is -1.98. The van der Waals surface area contributed by atoms with Crippen molar-refractivity contribution in [2.75, 3.05) is 5.32 Å². The Bertz CT molecular complexity index is 436. The summed E-state index contributed by atoms with van der Waals surface area (Å²) in [5, 5.41) is 3.22. The molecule has 0 atom stereocenters. The predicted octanol–water partition coefficient (Wildman–Crippen LogP) is 3.36. The van der Waals surface area contributed by atoms with E-state index in [2.05, 4.69) is 26.2 Å². The summed E-state index contributed by atoms with van der Waals surface area (Å²) in [6.45, 7) is 2.61. The third kappa shape index (κ3) is 2.83. The third-order valence-corrected chi connectivity index (χ3v) is 2.46. The van der Waals surface area contributed by atoms with E-state index in [1.807, 2.05) is 31.2 Å². The van der Waals surface area contributed by atoms with Crippen LogP contribution in [0, 0.1) is 6.92 Å². The van der Waals surface area contributed by atoms with Gasteiger partial charge in [-0.25, -0.2) is 4.98 Å². The van der Waals surface area contributed by atoms with Crippen LogP contribution in [0.2, 0.25) is 0 Å². The van der Waals surface area contributed by atoms with Gasteiger partial charge in [0.05, 0.1) is 18.4 Å². The summed E-state index contributed by atoms with van der Waals surface area (Å²) >= 11 is 3.29. The van der Waals surface area contributed by atoms with Crippen molar-refractivity contribution < 1.29 is 4.42 Å². The Balaban J connectivity index is 1.96. The second-order valence-corrected chi connectivity index (χ2v) is 4.05. The summed E-state index contributed by atoms with van der Waals surface area (Å²) in [7, 11) is 0. The molecular weight excluding hydrogens is 256 g/mol. The maximum absolute atomic E-state index is 5.44. The number of aryl methyl sites for hydroxylation is 1. The number of pyridine rings is 1. The minimum absolute atomic E-state index is 0.678. The molecule has 0 radical (unpaired) electrons. The van der Waals surface area contributed by atoms with E-state index in [0.29, 0.717) is 6.54 Å². The summed E-state index contributed by atoms with van der Waals surface area (Å²) in [5.41, 5.74) is 0.979. The summed E-state index contributed by atoms with van der Waals surface area (Å²) < 4.78 is 6.27. The minimum atomic E-state index is 0.678. The van der Waals surface area contributed by atoms with Gasteiger partial charge in [-0.15, -0.1) is 0 Å². The van der Waals surface area contributed by atoms with Crippen LogP contribution < -0.4 is 5.32 Å². The molecule has 78 valence electrons. The van der Waals surface area contributed by atoms with Crippen LogP contribution in [0.5, 0.6) is 0 Å². The van der Waals surface area contributed by atoms with Crippen molar-refractivity contribution in [2.45, 2.75) is 13.5 Å². The largest absolute Gasteiger partial charge is 0.465 e. The highest BCUT2D eigenvalue weighted by molar-refractivity contribution is 9.10. The summed E-state index contributed by atoms with van der Waals surface area (Å²) in [5.74, 6) is 1.86. The maximum atomic E-state index is 5.44. The molecule has 4 heteroatoms. The first kappa shape index (κ1) is 10.2. The Morgan fingerprint density at radius 3 is 2.80 bits per heavy atom. The highest BCUT2D eigenvalue weighted by atomic mass is 79.9. The number of hydrogen-bond donors (Lipinski definition) is 1. The van der Waals surface area contributed by atoms with Gasteiger partial charge in [0.15, 0.2) is 0 Å². The monoisotopic (exact) mass is 266 g/mol. The van der Waals surface area contributed by atoms with E-state index in [-0.39, 0.29) is 0 Å². The van der Waals surface area contributed by atoms with Crippen molar-refractivity contribution in [3.63, 3.8) is 0 Å². The molecule has 0 aromatic carbocycles. The zero-order valence-electron chi connectivity index (χ0n) is 8.33. The molecule has 2 aromatic heterocycles. The van der Waals surface area contributed by atoms with Gasteiger partial charge in [0.1, 0.15) is 16.1 Å². The molecule has 0 aliphatic carbocycles. The van der Waals surface area contributed by atoms with Crippen LogP contribution in [-0.2, 0) is 6.54 Å². The van der Waals surface area contributed by atoms with E-state index in [4.69, 9.17) is 4.42 Å². The standard InChI is InChI=1S/C11H11BrN2O/c1-8-2-4-10(15-8)7-13-9-3-5-11(12)14-6-9/h2-6,13H,7H2,1H3. The highest BCUT2D eigenvalue weighted by Gasteiger charge is 1.98. The Kier molecular flexibility index (Phi) is 3.06. The molecule has 2 heterocycles. The zero-order chi connectivity index (χ0) is 10.7. The van der Waals surface area contributed by atoms with Gasteiger partial charge in [-0.2, -0.15) is 0 Å². The number of anilines is 1. The van der Waals surface area contributed by atoms with E-state index in [1.165, 1.54) is 0 Å². The van der Waals surface area contributed by atoms with E-state index in [0.717, 1.165) is 21.8 Å². The molecule has 0 saturated heterocycles. The first-order valence-electron chi connectivity index (χ1n) is 4.65. The van der Waals surface area contributed by atoms with Crippen LogP contribution in [0.4, 0.5) is 5.69 Å². The van der Waals surface area contributed by atoms with Crippen LogP contribution in [0.3, 0.4) is 0 Å². The van der Waals surface area contributed by atoms with Gasteiger partial charge in [0, 0.05) is 0 Å². The molecule has 2 aromatic rings. The van der Waals surface area contributed by atoms with E-state index in [1.54, 1.807) is 6.20 Å². The van der Waals surface area contributed by atoms with Gasteiger partial charge in [-0.1, -0.05) is 0 Å². The van der Waals surface area contributed by atoms with Gasteiger partial charge >= 0.3 is 0 Å². The molecule has 15 heavy (non-hydrogen) atoms. The first-order valence-corrected chi connectivity index (χ1v) is 5.44. The Morgan fingerprint density at radius 1 is 1.33 bits per heavy atom.